The van der Waals surface area contributed by atoms with Crippen molar-refractivity contribution in [2.45, 2.75) is 32.4 Å². The Morgan fingerprint density at radius 3 is 2.50 bits per heavy atom. The summed E-state index contributed by atoms with van der Waals surface area (Å²) in [5, 5.41) is 11.2. The molecule has 1 saturated heterocycles. The van der Waals surface area contributed by atoms with Crippen LogP contribution in [0.5, 0.6) is 0 Å². The quantitative estimate of drug-likeness (QED) is 0.735. The van der Waals surface area contributed by atoms with E-state index >= 15 is 0 Å². The van der Waals surface area contributed by atoms with E-state index in [0.29, 0.717) is 17.9 Å². The normalized spacial score (nSPS) is 30.2. The van der Waals surface area contributed by atoms with Gasteiger partial charge < -0.3 is 9.64 Å². The molecule has 2 heterocycles. The predicted molar refractivity (Wildman–Crippen MR) is 61.6 cm³/mol. The molecular weight excluding hydrogens is 234 g/mol. The summed E-state index contributed by atoms with van der Waals surface area (Å²) in [7, 11) is 0. The summed E-state index contributed by atoms with van der Waals surface area (Å²) < 4.78 is 7.15. The lowest BCUT2D eigenvalue weighted by Gasteiger charge is -2.25. The van der Waals surface area contributed by atoms with Crippen LogP contribution in [0.15, 0.2) is 6.33 Å². The second kappa shape index (κ2) is 3.66. The van der Waals surface area contributed by atoms with Crippen molar-refractivity contribution in [2.24, 2.45) is 11.8 Å². The van der Waals surface area contributed by atoms with Crippen LogP contribution in [-0.4, -0.2) is 49.9 Å². The van der Waals surface area contributed by atoms with Gasteiger partial charge in [-0.3, -0.25) is 0 Å². The standard InChI is InChI=1S/C11H17N5O2/c1-11(2,3)18-10(17)15-4-7-8(5-15)9(7)16-6-12-13-14-16/h6-9H,4-5H2,1-3H3/t7-,8+,9+. The zero-order chi connectivity index (χ0) is 12.9. The number of tetrazole rings is 1. The van der Waals surface area contributed by atoms with Crippen LogP contribution >= 0.6 is 0 Å². The third kappa shape index (κ3) is 1.93. The fourth-order valence-corrected chi connectivity index (χ4v) is 2.67. The van der Waals surface area contributed by atoms with E-state index in [9.17, 15) is 4.79 Å². The number of hydrogen-bond acceptors (Lipinski definition) is 5. The van der Waals surface area contributed by atoms with Gasteiger partial charge in [0.1, 0.15) is 11.9 Å². The number of likely N-dealkylation sites (tertiary alicyclic amines) is 1. The highest BCUT2D eigenvalue weighted by atomic mass is 16.6. The second-order valence-corrected chi connectivity index (χ2v) is 5.99. The average Bonchev–Trinajstić information content (AvgIpc) is 2.76. The van der Waals surface area contributed by atoms with E-state index in [0.717, 1.165) is 13.1 Å². The molecule has 2 fully saturated rings. The number of carbonyl (C=O) groups excluding carboxylic acids is 1. The lowest BCUT2D eigenvalue weighted by molar-refractivity contribution is 0.0265. The molecule has 1 saturated carbocycles. The highest BCUT2D eigenvalue weighted by molar-refractivity contribution is 5.69. The first-order chi connectivity index (χ1) is 8.46. The van der Waals surface area contributed by atoms with Gasteiger partial charge in [0.2, 0.25) is 0 Å². The van der Waals surface area contributed by atoms with Gasteiger partial charge in [-0.1, -0.05) is 0 Å². The molecule has 2 aliphatic rings. The summed E-state index contributed by atoms with van der Waals surface area (Å²) in [4.78, 5) is 13.7. The number of hydrogen-bond donors (Lipinski definition) is 0. The Labute approximate surface area is 105 Å². The van der Waals surface area contributed by atoms with Crippen molar-refractivity contribution in [1.82, 2.24) is 25.1 Å². The van der Waals surface area contributed by atoms with E-state index in [1.54, 1.807) is 15.9 Å². The predicted octanol–water partition coefficient (Wildman–Crippen LogP) is 0.711. The van der Waals surface area contributed by atoms with Crippen LogP contribution in [0.2, 0.25) is 0 Å². The first kappa shape index (κ1) is 11.4. The molecule has 7 heteroatoms. The van der Waals surface area contributed by atoms with Gasteiger partial charge in [0.25, 0.3) is 0 Å². The lowest BCUT2D eigenvalue weighted by Crippen LogP contribution is -2.37. The summed E-state index contributed by atoms with van der Waals surface area (Å²) in [6.07, 6.45) is 1.42. The lowest BCUT2D eigenvalue weighted by atomic mass is 10.2. The molecule has 0 bridgehead atoms. The third-order valence-electron chi connectivity index (χ3n) is 3.47. The third-order valence-corrected chi connectivity index (χ3v) is 3.47. The minimum atomic E-state index is -0.431. The van der Waals surface area contributed by atoms with E-state index in [-0.39, 0.29) is 6.09 Å². The zero-order valence-corrected chi connectivity index (χ0v) is 10.8. The Kier molecular flexibility index (Phi) is 2.33. The van der Waals surface area contributed by atoms with Crippen LogP contribution in [0.25, 0.3) is 0 Å². The monoisotopic (exact) mass is 251 g/mol. The van der Waals surface area contributed by atoms with Gasteiger partial charge in [-0.25, -0.2) is 9.48 Å². The van der Waals surface area contributed by atoms with E-state index in [1.165, 1.54) is 0 Å². The number of amides is 1. The number of rotatable bonds is 1. The van der Waals surface area contributed by atoms with E-state index in [2.05, 4.69) is 15.5 Å². The maximum Gasteiger partial charge on any atom is 0.410 e. The maximum absolute atomic E-state index is 11.9. The number of fused-ring (bicyclic) bond motifs is 1. The molecule has 0 unspecified atom stereocenters. The number of nitrogens with zero attached hydrogens (tertiary/aromatic N) is 5. The van der Waals surface area contributed by atoms with Crippen LogP contribution < -0.4 is 0 Å². The van der Waals surface area contributed by atoms with Gasteiger partial charge in [0.15, 0.2) is 0 Å². The van der Waals surface area contributed by atoms with E-state index < -0.39 is 5.60 Å². The van der Waals surface area contributed by atoms with Crippen LogP contribution in [0.4, 0.5) is 4.79 Å². The van der Waals surface area contributed by atoms with Gasteiger partial charge in [0, 0.05) is 24.9 Å². The van der Waals surface area contributed by atoms with Crippen molar-refractivity contribution in [1.29, 1.82) is 0 Å². The Morgan fingerprint density at radius 1 is 1.33 bits per heavy atom. The molecule has 1 amide bonds. The fourth-order valence-electron chi connectivity index (χ4n) is 2.67. The highest BCUT2D eigenvalue weighted by Crippen LogP contribution is 2.54. The molecule has 0 aromatic carbocycles. The summed E-state index contributed by atoms with van der Waals surface area (Å²) in [5.74, 6) is 0.946. The second-order valence-electron chi connectivity index (χ2n) is 5.99. The first-order valence-electron chi connectivity index (χ1n) is 6.16. The summed E-state index contributed by atoms with van der Waals surface area (Å²) in [6.45, 7) is 7.12. The molecule has 0 spiro atoms. The molecule has 98 valence electrons. The van der Waals surface area contributed by atoms with Crippen molar-refractivity contribution in [3.8, 4) is 0 Å². The van der Waals surface area contributed by atoms with Crippen LogP contribution in [-0.2, 0) is 4.74 Å². The minimum Gasteiger partial charge on any atom is -0.444 e. The summed E-state index contributed by atoms with van der Waals surface area (Å²) in [5.41, 5.74) is -0.431. The Hall–Kier alpha value is -1.66. The Balaban J connectivity index is 1.56. The molecule has 1 aliphatic heterocycles. The fraction of sp³-hybridized carbons (Fsp3) is 0.818. The first-order valence-corrected chi connectivity index (χ1v) is 6.16. The van der Waals surface area contributed by atoms with Gasteiger partial charge in [-0.2, -0.15) is 0 Å². The highest BCUT2D eigenvalue weighted by Gasteiger charge is 2.59. The smallest absolute Gasteiger partial charge is 0.410 e. The molecule has 18 heavy (non-hydrogen) atoms. The Bertz CT molecular complexity index is 440. The molecule has 7 nitrogen and oxygen atoms in total. The molecular formula is C11H17N5O2. The zero-order valence-electron chi connectivity index (χ0n) is 10.8. The van der Waals surface area contributed by atoms with Gasteiger partial charge in [-0.05, 0) is 31.2 Å². The molecule has 1 aliphatic carbocycles. The maximum atomic E-state index is 11.9. The molecule has 0 radical (unpaired) electrons. The van der Waals surface area contributed by atoms with E-state index in [4.69, 9.17) is 4.74 Å². The molecule has 0 N–H and O–H groups in total. The van der Waals surface area contributed by atoms with Crippen LogP contribution in [0, 0.1) is 11.8 Å². The largest absolute Gasteiger partial charge is 0.444 e. The van der Waals surface area contributed by atoms with Crippen molar-refractivity contribution < 1.29 is 9.53 Å². The SMILES string of the molecule is CC(C)(C)OC(=O)N1C[C@@H]2[C@H](C1)[C@H]2n1cnnn1. The average molecular weight is 251 g/mol. The van der Waals surface area contributed by atoms with E-state index in [1.807, 2.05) is 20.8 Å². The topological polar surface area (TPSA) is 73.1 Å². The van der Waals surface area contributed by atoms with Crippen molar-refractivity contribution in [3.63, 3.8) is 0 Å². The molecule has 3 rings (SSSR count). The number of carbonyl (C=O) groups is 1. The van der Waals surface area contributed by atoms with Crippen molar-refractivity contribution in [2.75, 3.05) is 13.1 Å². The van der Waals surface area contributed by atoms with Crippen molar-refractivity contribution >= 4 is 6.09 Å². The Morgan fingerprint density at radius 2 is 2.00 bits per heavy atom. The van der Waals surface area contributed by atoms with Crippen LogP contribution in [0.1, 0.15) is 26.8 Å². The molecule has 3 atom stereocenters. The number of aromatic nitrogens is 4. The molecule has 1 aromatic rings. The van der Waals surface area contributed by atoms with Gasteiger partial charge in [-0.15, -0.1) is 5.10 Å². The van der Waals surface area contributed by atoms with Crippen LogP contribution in [0.3, 0.4) is 0 Å². The number of ether oxygens (including phenoxy) is 1. The van der Waals surface area contributed by atoms with Crippen molar-refractivity contribution in [3.05, 3.63) is 6.33 Å². The summed E-state index contributed by atoms with van der Waals surface area (Å²) in [6, 6.07) is 0.360. The number of piperidine rings is 1. The summed E-state index contributed by atoms with van der Waals surface area (Å²) >= 11 is 0. The van der Waals surface area contributed by atoms with Gasteiger partial charge in [0.05, 0.1) is 6.04 Å². The molecule has 1 aromatic heterocycles. The van der Waals surface area contributed by atoms with Gasteiger partial charge >= 0.3 is 6.09 Å². The minimum absolute atomic E-state index is 0.217.